The zero-order valence-electron chi connectivity index (χ0n) is 15.5. The largest absolute Gasteiger partial charge is 0.508 e. The van der Waals surface area contributed by atoms with Crippen molar-refractivity contribution in [1.82, 2.24) is 5.32 Å². The van der Waals surface area contributed by atoms with Gasteiger partial charge in [0.05, 0.1) is 7.11 Å². The number of benzene rings is 2. The number of esters is 1. The van der Waals surface area contributed by atoms with Gasteiger partial charge in [-0.1, -0.05) is 30.3 Å². The lowest BCUT2D eigenvalue weighted by Crippen LogP contribution is -2.43. The number of carbonyl (C=O) groups is 2. The van der Waals surface area contributed by atoms with E-state index in [9.17, 15) is 14.7 Å². The maximum Gasteiger partial charge on any atom is 0.493 e. The van der Waals surface area contributed by atoms with Crippen molar-refractivity contribution < 1.29 is 28.7 Å². The fourth-order valence-electron chi connectivity index (χ4n) is 2.64. The minimum Gasteiger partial charge on any atom is -0.508 e. The van der Waals surface area contributed by atoms with Gasteiger partial charge in [0.25, 0.3) is 5.91 Å². The molecule has 7 nitrogen and oxygen atoms in total. The molecule has 142 valence electrons. The highest BCUT2D eigenvalue weighted by molar-refractivity contribution is 6.61. The predicted octanol–water partition coefficient (Wildman–Crippen LogP) is 0.894. The topological polar surface area (TPSA) is 94.1 Å². The van der Waals surface area contributed by atoms with Crippen molar-refractivity contribution in [2.45, 2.75) is 12.5 Å². The molecule has 0 aliphatic rings. The molecule has 0 saturated carbocycles. The SMILES string of the molecule is COB(OC)c1ccc(C[C@H](NC(=O)c2cccc(O)c2)C(=O)OC)cc1. The first-order valence-electron chi connectivity index (χ1n) is 8.30. The van der Waals surface area contributed by atoms with Crippen LogP contribution in [0, 0.1) is 0 Å². The molecule has 0 bridgehead atoms. The van der Waals surface area contributed by atoms with Crippen molar-refractivity contribution in [2.24, 2.45) is 0 Å². The Labute approximate surface area is 158 Å². The number of amides is 1. The smallest absolute Gasteiger partial charge is 0.493 e. The Morgan fingerprint density at radius 2 is 1.74 bits per heavy atom. The molecule has 1 atom stereocenters. The minimum atomic E-state index is -0.864. The molecule has 0 aromatic heterocycles. The first kappa shape index (κ1) is 20.5. The number of aromatic hydroxyl groups is 1. The number of methoxy groups -OCH3 is 1. The van der Waals surface area contributed by atoms with Crippen LogP contribution in [-0.4, -0.2) is 51.5 Å². The summed E-state index contributed by atoms with van der Waals surface area (Å²) < 4.78 is 15.2. The number of phenols is 1. The van der Waals surface area contributed by atoms with E-state index in [1.165, 1.54) is 19.2 Å². The van der Waals surface area contributed by atoms with Crippen LogP contribution in [0.3, 0.4) is 0 Å². The highest BCUT2D eigenvalue weighted by Gasteiger charge is 2.23. The molecule has 0 aliphatic heterocycles. The van der Waals surface area contributed by atoms with Crippen molar-refractivity contribution in [2.75, 3.05) is 21.3 Å². The Balaban J connectivity index is 2.12. The second-order valence-electron chi connectivity index (χ2n) is 5.85. The number of ether oxygens (including phenoxy) is 1. The van der Waals surface area contributed by atoms with E-state index < -0.39 is 25.0 Å². The first-order chi connectivity index (χ1) is 13.0. The first-order valence-corrected chi connectivity index (χ1v) is 8.30. The lowest BCUT2D eigenvalue weighted by atomic mass is 9.78. The third-order valence-electron chi connectivity index (χ3n) is 4.02. The van der Waals surface area contributed by atoms with E-state index in [2.05, 4.69) is 5.32 Å². The molecule has 1 amide bonds. The lowest BCUT2D eigenvalue weighted by molar-refractivity contribution is -0.142. The number of hydrogen-bond acceptors (Lipinski definition) is 6. The quantitative estimate of drug-likeness (QED) is 0.529. The van der Waals surface area contributed by atoms with E-state index in [1.807, 2.05) is 24.3 Å². The minimum absolute atomic E-state index is 0.0290. The molecule has 2 aromatic carbocycles. The van der Waals surface area contributed by atoms with Crippen LogP contribution in [0.5, 0.6) is 5.75 Å². The molecule has 27 heavy (non-hydrogen) atoms. The molecule has 0 fully saturated rings. The van der Waals surface area contributed by atoms with Gasteiger partial charge in [0.15, 0.2) is 0 Å². The number of phenolic OH excluding ortho intramolecular Hbond substituents is 1. The van der Waals surface area contributed by atoms with Gasteiger partial charge in [-0.05, 0) is 29.2 Å². The van der Waals surface area contributed by atoms with Crippen molar-refractivity contribution in [3.8, 4) is 5.75 Å². The molecule has 0 aliphatic carbocycles. The molecule has 0 saturated heterocycles. The molecule has 0 spiro atoms. The van der Waals surface area contributed by atoms with E-state index in [4.69, 9.17) is 14.0 Å². The molecule has 0 heterocycles. The molecule has 0 unspecified atom stereocenters. The van der Waals surface area contributed by atoms with Gasteiger partial charge < -0.3 is 24.5 Å². The summed E-state index contributed by atoms with van der Waals surface area (Å²) in [5.41, 5.74) is 1.92. The van der Waals surface area contributed by atoms with E-state index in [0.29, 0.717) is 0 Å². The van der Waals surface area contributed by atoms with E-state index in [1.54, 1.807) is 26.4 Å². The van der Waals surface area contributed by atoms with Gasteiger partial charge in [0, 0.05) is 26.2 Å². The Kier molecular flexibility index (Phi) is 7.39. The molecule has 2 aromatic rings. The maximum absolute atomic E-state index is 12.4. The fourth-order valence-corrected chi connectivity index (χ4v) is 2.64. The molecule has 2 rings (SSSR count). The second-order valence-corrected chi connectivity index (χ2v) is 5.85. The van der Waals surface area contributed by atoms with Gasteiger partial charge in [0.2, 0.25) is 0 Å². The summed E-state index contributed by atoms with van der Waals surface area (Å²) in [7, 11) is 3.89. The van der Waals surface area contributed by atoms with Crippen molar-refractivity contribution in [3.05, 3.63) is 59.7 Å². The summed E-state index contributed by atoms with van der Waals surface area (Å²) in [6.45, 7) is 0. The summed E-state index contributed by atoms with van der Waals surface area (Å²) in [4.78, 5) is 24.5. The average molecular weight is 371 g/mol. The van der Waals surface area contributed by atoms with Crippen LogP contribution < -0.4 is 10.8 Å². The van der Waals surface area contributed by atoms with Crippen LogP contribution in [0.4, 0.5) is 0 Å². The summed E-state index contributed by atoms with van der Waals surface area (Å²) in [6.07, 6.45) is 0.252. The van der Waals surface area contributed by atoms with Crippen LogP contribution in [0.2, 0.25) is 0 Å². The van der Waals surface area contributed by atoms with Crippen molar-refractivity contribution in [1.29, 1.82) is 0 Å². The number of nitrogens with one attached hydrogen (secondary N) is 1. The zero-order chi connectivity index (χ0) is 19.8. The molecule has 2 N–H and O–H groups in total. The highest BCUT2D eigenvalue weighted by Crippen LogP contribution is 2.12. The second kappa shape index (κ2) is 9.75. The normalized spacial score (nSPS) is 11.5. The highest BCUT2D eigenvalue weighted by atomic mass is 16.6. The van der Waals surface area contributed by atoms with Crippen molar-refractivity contribution in [3.63, 3.8) is 0 Å². The zero-order valence-corrected chi connectivity index (χ0v) is 15.5. The third kappa shape index (κ3) is 5.57. The maximum atomic E-state index is 12.4. The van der Waals surface area contributed by atoms with Gasteiger partial charge in [0.1, 0.15) is 11.8 Å². The number of carbonyl (C=O) groups excluding carboxylic acids is 2. The number of hydrogen-bond donors (Lipinski definition) is 2. The summed E-state index contributed by atoms with van der Waals surface area (Å²) in [6, 6.07) is 12.4. The van der Waals surface area contributed by atoms with Crippen LogP contribution in [0.1, 0.15) is 15.9 Å². The van der Waals surface area contributed by atoms with Gasteiger partial charge >= 0.3 is 13.1 Å². The van der Waals surface area contributed by atoms with Crippen molar-refractivity contribution >= 4 is 24.5 Å². The monoisotopic (exact) mass is 371 g/mol. The van der Waals surface area contributed by atoms with Gasteiger partial charge in [-0.2, -0.15) is 0 Å². The van der Waals surface area contributed by atoms with Gasteiger partial charge in [-0.15, -0.1) is 0 Å². The van der Waals surface area contributed by atoms with Crippen LogP contribution in [-0.2, 0) is 25.3 Å². The number of rotatable bonds is 8. The van der Waals surface area contributed by atoms with Crippen LogP contribution in [0.15, 0.2) is 48.5 Å². The Hall–Kier alpha value is -2.84. The van der Waals surface area contributed by atoms with E-state index in [0.717, 1.165) is 11.0 Å². The van der Waals surface area contributed by atoms with E-state index >= 15 is 0 Å². The Morgan fingerprint density at radius 1 is 1.07 bits per heavy atom. The molecular weight excluding hydrogens is 349 g/mol. The van der Waals surface area contributed by atoms with Crippen LogP contribution in [0.25, 0.3) is 0 Å². The summed E-state index contributed by atoms with van der Waals surface area (Å²) in [5, 5.41) is 12.2. The van der Waals surface area contributed by atoms with E-state index in [-0.39, 0.29) is 17.7 Å². The fraction of sp³-hybridized carbons (Fsp3) is 0.263. The average Bonchev–Trinajstić information content (AvgIpc) is 2.69. The molecular formula is C19H22BNO6. The standard InChI is InChI=1S/C19H22BNO6/c1-25-19(24)17(21-18(23)14-5-4-6-16(22)12-14)11-13-7-9-15(10-8-13)20(26-2)27-3/h4-10,12,17,22H,11H2,1-3H3,(H,21,23)/t17-/m0/s1. The Morgan fingerprint density at radius 3 is 2.30 bits per heavy atom. The summed E-state index contributed by atoms with van der Waals surface area (Å²) >= 11 is 0. The molecule has 0 radical (unpaired) electrons. The van der Waals surface area contributed by atoms with Gasteiger partial charge in [-0.3, -0.25) is 4.79 Å². The van der Waals surface area contributed by atoms with Gasteiger partial charge in [-0.25, -0.2) is 4.79 Å². The summed E-state index contributed by atoms with van der Waals surface area (Å²) in [5.74, 6) is -1.06. The predicted molar refractivity (Wildman–Crippen MR) is 101 cm³/mol. The lowest BCUT2D eigenvalue weighted by Gasteiger charge is -2.17. The molecule has 8 heteroatoms. The van der Waals surface area contributed by atoms with Crippen LogP contribution >= 0.6 is 0 Å². The Bertz CT molecular complexity index is 776. The third-order valence-corrected chi connectivity index (χ3v) is 4.02.